The van der Waals surface area contributed by atoms with Crippen LogP contribution in [-0.4, -0.2) is 37.0 Å². The van der Waals surface area contributed by atoms with Crippen LogP contribution in [0.3, 0.4) is 0 Å². The van der Waals surface area contributed by atoms with Crippen LogP contribution >= 0.6 is 0 Å². The smallest absolute Gasteiger partial charge is 0.254 e. The first kappa shape index (κ1) is 15.6. The molecule has 0 aliphatic carbocycles. The predicted octanol–water partition coefficient (Wildman–Crippen LogP) is 1.51. The first-order valence-electron chi connectivity index (χ1n) is 7.75. The standard InChI is InChI=1S/C18H18F2N2O/c19-16-6-3-5-14(12-16)18(23)22-10-8-21(9-11-22)13-15-4-1-2-7-17(15)20/h1-7,12H,8-11,13H2/p+1. The minimum Gasteiger partial charge on any atom is -0.328 e. The molecule has 0 aromatic heterocycles. The van der Waals surface area contributed by atoms with E-state index in [1.54, 1.807) is 29.2 Å². The van der Waals surface area contributed by atoms with E-state index in [0.717, 1.165) is 13.1 Å². The molecule has 2 aromatic rings. The van der Waals surface area contributed by atoms with Crippen molar-refractivity contribution in [3.05, 3.63) is 71.3 Å². The minimum absolute atomic E-state index is 0.144. The van der Waals surface area contributed by atoms with Gasteiger partial charge in [-0.15, -0.1) is 0 Å². The lowest BCUT2D eigenvalue weighted by molar-refractivity contribution is -0.917. The van der Waals surface area contributed by atoms with Crippen LogP contribution in [0, 0.1) is 11.6 Å². The Kier molecular flexibility index (Phi) is 4.67. The number of amides is 1. The van der Waals surface area contributed by atoms with Gasteiger partial charge >= 0.3 is 0 Å². The number of piperazine rings is 1. The van der Waals surface area contributed by atoms with Gasteiger partial charge < -0.3 is 9.80 Å². The first-order chi connectivity index (χ1) is 11.1. The fraction of sp³-hybridized carbons (Fsp3) is 0.278. The maximum Gasteiger partial charge on any atom is 0.254 e. The SMILES string of the molecule is O=C(c1cccc(F)c1)N1CC[NH+](Cc2ccccc2F)CC1. The number of benzene rings is 2. The lowest BCUT2D eigenvalue weighted by Crippen LogP contribution is -3.13. The summed E-state index contributed by atoms with van der Waals surface area (Å²) in [6, 6.07) is 12.6. The van der Waals surface area contributed by atoms with Gasteiger partial charge in [0.2, 0.25) is 0 Å². The molecule has 0 saturated carbocycles. The summed E-state index contributed by atoms with van der Waals surface area (Å²) in [6.07, 6.45) is 0. The fourth-order valence-corrected chi connectivity index (χ4v) is 2.92. The van der Waals surface area contributed by atoms with Crippen molar-refractivity contribution >= 4 is 5.91 Å². The number of hydrogen-bond donors (Lipinski definition) is 1. The summed E-state index contributed by atoms with van der Waals surface area (Å²) in [5.41, 5.74) is 1.08. The molecule has 1 saturated heterocycles. The summed E-state index contributed by atoms with van der Waals surface area (Å²) in [7, 11) is 0. The third-order valence-electron chi connectivity index (χ3n) is 4.23. The van der Waals surface area contributed by atoms with Gasteiger partial charge in [0, 0.05) is 11.1 Å². The monoisotopic (exact) mass is 317 g/mol. The van der Waals surface area contributed by atoms with Gasteiger partial charge in [0.15, 0.2) is 0 Å². The molecule has 1 amide bonds. The Morgan fingerprint density at radius 1 is 1.04 bits per heavy atom. The van der Waals surface area contributed by atoms with Gasteiger partial charge in [-0.2, -0.15) is 0 Å². The van der Waals surface area contributed by atoms with Crippen LogP contribution in [0.4, 0.5) is 8.78 Å². The molecule has 0 atom stereocenters. The normalized spacial score (nSPS) is 15.7. The van der Waals surface area contributed by atoms with E-state index in [2.05, 4.69) is 0 Å². The second-order valence-corrected chi connectivity index (χ2v) is 5.82. The summed E-state index contributed by atoms with van der Waals surface area (Å²) in [5.74, 6) is -0.729. The van der Waals surface area contributed by atoms with E-state index in [1.807, 2.05) is 6.07 Å². The number of carbonyl (C=O) groups excluding carboxylic acids is 1. The largest absolute Gasteiger partial charge is 0.328 e. The molecule has 120 valence electrons. The van der Waals surface area contributed by atoms with Crippen LogP contribution in [0.5, 0.6) is 0 Å². The second-order valence-electron chi connectivity index (χ2n) is 5.82. The van der Waals surface area contributed by atoms with Crippen LogP contribution in [0.1, 0.15) is 15.9 Å². The van der Waals surface area contributed by atoms with E-state index in [-0.39, 0.29) is 11.7 Å². The van der Waals surface area contributed by atoms with Crippen molar-refractivity contribution in [2.75, 3.05) is 26.2 Å². The van der Waals surface area contributed by atoms with Gasteiger partial charge in [-0.05, 0) is 24.3 Å². The summed E-state index contributed by atoms with van der Waals surface area (Å²) in [5, 5.41) is 0. The lowest BCUT2D eigenvalue weighted by atomic mass is 10.1. The van der Waals surface area contributed by atoms with E-state index in [0.29, 0.717) is 30.8 Å². The molecular weight excluding hydrogens is 298 g/mol. The molecule has 3 nitrogen and oxygen atoms in total. The number of hydrogen-bond acceptors (Lipinski definition) is 1. The van der Waals surface area contributed by atoms with Crippen molar-refractivity contribution in [3.63, 3.8) is 0 Å². The summed E-state index contributed by atoms with van der Waals surface area (Å²) in [4.78, 5) is 15.3. The number of nitrogens with one attached hydrogen (secondary N) is 1. The van der Waals surface area contributed by atoms with Gasteiger partial charge in [-0.25, -0.2) is 8.78 Å². The average molecular weight is 317 g/mol. The van der Waals surface area contributed by atoms with E-state index in [4.69, 9.17) is 0 Å². The number of nitrogens with zero attached hydrogens (tertiary/aromatic N) is 1. The Balaban J connectivity index is 1.58. The summed E-state index contributed by atoms with van der Waals surface area (Å²) >= 11 is 0. The van der Waals surface area contributed by atoms with E-state index in [1.165, 1.54) is 23.1 Å². The third-order valence-corrected chi connectivity index (χ3v) is 4.23. The Hall–Kier alpha value is -2.27. The van der Waals surface area contributed by atoms with E-state index < -0.39 is 5.82 Å². The zero-order valence-corrected chi connectivity index (χ0v) is 12.8. The Morgan fingerprint density at radius 3 is 2.48 bits per heavy atom. The van der Waals surface area contributed by atoms with Gasteiger partial charge in [0.25, 0.3) is 5.91 Å². The minimum atomic E-state index is -0.403. The number of rotatable bonds is 3. The lowest BCUT2D eigenvalue weighted by Gasteiger charge is -2.32. The molecule has 1 N–H and O–H groups in total. The van der Waals surface area contributed by atoms with Crippen LogP contribution in [0.15, 0.2) is 48.5 Å². The molecule has 1 aliphatic rings. The maximum atomic E-state index is 13.7. The van der Waals surface area contributed by atoms with Crippen molar-refractivity contribution in [3.8, 4) is 0 Å². The predicted molar refractivity (Wildman–Crippen MR) is 83.1 cm³/mol. The molecule has 0 spiro atoms. The Labute approximate surface area is 134 Å². The van der Waals surface area contributed by atoms with Crippen LogP contribution in [0.25, 0.3) is 0 Å². The van der Waals surface area contributed by atoms with Crippen LogP contribution in [-0.2, 0) is 6.54 Å². The highest BCUT2D eigenvalue weighted by molar-refractivity contribution is 5.94. The van der Waals surface area contributed by atoms with E-state index >= 15 is 0 Å². The number of halogens is 2. The van der Waals surface area contributed by atoms with Crippen LogP contribution in [0.2, 0.25) is 0 Å². The van der Waals surface area contributed by atoms with Crippen molar-refractivity contribution in [1.82, 2.24) is 4.90 Å². The van der Waals surface area contributed by atoms with Gasteiger partial charge in [0.1, 0.15) is 18.2 Å². The average Bonchev–Trinajstić information content (AvgIpc) is 2.57. The summed E-state index contributed by atoms with van der Waals surface area (Å²) in [6.45, 7) is 3.33. The number of quaternary nitrogens is 1. The highest BCUT2D eigenvalue weighted by Crippen LogP contribution is 2.08. The third kappa shape index (κ3) is 3.74. The summed E-state index contributed by atoms with van der Waals surface area (Å²) < 4.78 is 26.9. The number of carbonyl (C=O) groups is 1. The molecule has 0 radical (unpaired) electrons. The molecule has 3 rings (SSSR count). The molecule has 5 heteroatoms. The highest BCUT2D eigenvalue weighted by Gasteiger charge is 2.25. The quantitative estimate of drug-likeness (QED) is 0.912. The fourth-order valence-electron chi connectivity index (χ4n) is 2.92. The first-order valence-corrected chi connectivity index (χ1v) is 7.75. The molecule has 0 unspecified atom stereocenters. The molecule has 23 heavy (non-hydrogen) atoms. The van der Waals surface area contributed by atoms with Crippen molar-refractivity contribution in [2.24, 2.45) is 0 Å². The molecule has 2 aromatic carbocycles. The van der Waals surface area contributed by atoms with Gasteiger partial charge in [-0.3, -0.25) is 4.79 Å². The zero-order valence-electron chi connectivity index (χ0n) is 12.8. The second kappa shape index (κ2) is 6.87. The van der Waals surface area contributed by atoms with Crippen molar-refractivity contribution in [2.45, 2.75) is 6.54 Å². The van der Waals surface area contributed by atoms with Crippen LogP contribution < -0.4 is 4.90 Å². The maximum absolute atomic E-state index is 13.7. The Bertz CT molecular complexity index is 697. The topological polar surface area (TPSA) is 24.8 Å². The molecular formula is C18H19F2N2O+. The molecule has 1 fully saturated rings. The zero-order chi connectivity index (χ0) is 16.2. The molecule has 0 bridgehead atoms. The van der Waals surface area contributed by atoms with Crippen molar-refractivity contribution < 1.29 is 18.5 Å². The van der Waals surface area contributed by atoms with E-state index in [9.17, 15) is 13.6 Å². The highest BCUT2D eigenvalue weighted by atomic mass is 19.1. The van der Waals surface area contributed by atoms with Gasteiger partial charge in [0.05, 0.1) is 26.2 Å². The van der Waals surface area contributed by atoms with Gasteiger partial charge in [-0.1, -0.05) is 24.3 Å². The Morgan fingerprint density at radius 2 is 1.78 bits per heavy atom. The molecule has 1 aliphatic heterocycles. The molecule has 1 heterocycles. The van der Waals surface area contributed by atoms with Crippen molar-refractivity contribution in [1.29, 1.82) is 0 Å².